The highest BCUT2D eigenvalue weighted by Gasteiger charge is 2.13. The summed E-state index contributed by atoms with van der Waals surface area (Å²) in [5.41, 5.74) is 0. The minimum absolute atomic E-state index is 0.0240. The zero-order chi connectivity index (χ0) is 12.0. The molecule has 0 aromatic carbocycles. The van der Waals surface area contributed by atoms with Gasteiger partial charge in [-0.1, -0.05) is 6.92 Å². The monoisotopic (exact) mass is 321 g/mol. The first-order valence-corrected chi connectivity index (χ1v) is 8.09. The average molecular weight is 322 g/mol. The molecule has 1 atom stereocenters. The van der Waals surface area contributed by atoms with Crippen LogP contribution in [0.2, 0.25) is 0 Å². The highest BCUT2D eigenvalue weighted by molar-refractivity contribution is 9.10. The smallest absolute Gasteiger partial charge is 0.262 e. The lowest BCUT2D eigenvalue weighted by Crippen LogP contribution is -2.32. The van der Waals surface area contributed by atoms with Crippen LogP contribution in [0.1, 0.15) is 29.9 Å². The predicted octanol–water partition coefficient (Wildman–Crippen LogP) is 3.77. The van der Waals surface area contributed by atoms with Crippen molar-refractivity contribution in [3.05, 3.63) is 20.8 Å². The first-order valence-electron chi connectivity index (χ1n) is 5.26. The molecular weight excluding hydrogens is 306 g/mol. The second-order valence-electron chi connectivity index (χ2n) is 3.46. The van der Waals surface area contributed by atoms with Crippen molar-refractivity contribution in [2.45, 2.75) is 26.3 Å². The Morgan fingerprint density at radius 2 is 2.44 bits per heavy atom. The van der Waals surface area contributed by atoms with E-state index in [0.29, 0.717) is 0 Å². The molecule has 16 heavy (non-hydrogen) atoms. The zero-order valence-electron chi connectivity index (χ0n) is 9.46. The lowest BCUT2D eigenvalue weighted by atomic mass is 10.2. The molecule has 1 N–H and O–H groups in total. The van der Waals surface area contributed by atoms with Crippen molar-refractivity contribution < 1.29 is 4.79 Å². The van der Waals surface area contributed by atoms with Crippen molar-refractivity contribution in [3.63, 3.8) is 0 Å². The number of amides is 1. The topological polar surface area (TPSA) is 29.1 Å². The standard InChI is InChI=1S/C11H16BrNOS2/c1-3-15-6-4-8(2)13-11(14)10-9(12)5-7-16-10/h5,7-8H,3-4,6H2,1-2H3,(H,13,14). The third-order valence-electron chi connectivity index (χ3n) is 2.10. The van der Waals surface area contributed by atoms with Crippen molar-refractivity contribution in [3.8, 4) is 0 Å². The number of thiophene rings is 1. The first kappa shape index (κ1) is 14.1. The maximum Gasteiger partial charge on any atom is 0.262 e. The van der Waals surface area contributed by atoms with Crippen molar-refractivity contribution in [1.82, 2.24) is 5.32 Å². The fourth-order valence-electron chi connectivity index (χ4n) is 1.22. The molecule has 0 radical (unpaired) electrons. The summed E-state index contributed by atoms with van der Waals surface area (Å²) in [6, 6.07) is 2.14. The van der Waals surface area contributed by atoms with Gasteiger partial charge in [-0.25, -0.2) is 0 Å². The Hall–Kier alpha value is -0.000000000000000111. The molecule has 0 aliphatic rings. The van der Waals surface area contributed by atoms with Crippen LogP contribution in [-0.4, -0.2) is 23.5 Å². The normalized spacial score (nSPS) is 12.4. The number of hydrogen-bond acceptors (Lipinski definition) is 3. The maximum atomic E-state index is 11.8. The van der Waals surface area contributed by atoms with E-state index in [9.17, 15) is 4.79 Å². The molecule has 0 aliphatic carbocycles. The minimum Gasteiger partial charge on any atom is -0.349 e. The van der Waals surface area contributed by atoms with Crippen LogP contribution >= 0.6 is 39.0 Å². The van der Waals surface area contributed by atoms with E-state index in [1.54, 1.807) is 0 Å². The summed E-state index contributed by atoms with van der Waals surface area (Å²) in [5, 5.41) is 4.92. The highest BCUT2D eigenvalue weighted by atomic mass is 79.9. The van der Waals surface area contributed by atoms with E-state index in [1.807, 2.05) is 23.2 Å². The van der Waals surface area contributed by atoms with Gasteiger partial charge in [-0.05, 0) is 52.2 Å². The summed E-state index contributed by atoms with van der Waals surface area (Å²) in [6.07, 6.45) is 1.02. The third-order valence-corrected chi connectivity index (χ3v) is 4.87. The zero-order valence-corrected chi connectivity index (χ0v) is 12.7. The first-order chi connectivity index (χ1) is 7.65. The van der Waals surface area contributed by atoms with Gasteiger partial charge in [0.15, 0.2) is 0 Å². The van der Waals surface area contributed by atoms with Crippen LogP contribution in [0.5, 0.6) is 0 Å². The van der Waals surface area contributed by atoms with E-state index in [2.05, 4.69) is 35.1 Å². The molecule has 1 amide bonds. The Kier molecular flexibility index (Phi) is 6.46. The van der Waals surface area contributed by atoms with Crippen LogP contribution in [0.4, 0.5) is 0 Å². The van der Waals surface area contributed by atoms with Crippen molar-refractivity contribution in [2.75, 3.05) is 11.5 Å². The molecule has 0 saturated carbocycles. The van der Waals surface area contributed by atoms with Gasteiger partial charge in [-0.2, -0.15) is 11.8 Å². The fourth-order valence-corrected chi connectivity index (χ4v) is 3.48. The van der Waals surface area contributed by atoms with Crippen LogP contribution in [0, 0.1) is 0 Å². The second-order valence-corrected chi connectivity index (χ2v) is 6.62. The molecule has 0 spiro atoms. The van der Waals surface area contributed by atoms with Crippen molar-refractivity contribution in [2.24, 2.45) is 0 Å². The van der Waals surface area contributed by atoms with E-state index in [0.717, 1.165) is 27.3 Å². The van der Waals surface area contributed by atoms with Gasteiger partial charge in [0.1, 0.15) is 4.88 Å². The average Bonchev–Trinajstić information content (AvgIpc) is 2.65. The summed E-state index contributed by atoms with van der Waals surface area (Å²) in [7, 11) is 0. The number of carbonyl (C=O) groups excluding carboxylic acids is 1. The van der Waals surface area contributed by atoms with Gasteiger partial charge in [-0.15, -0.1) is 11.3 Å². The summed E-state index contributed by atoms with van der Waals surface area (Å²) >= 11 is 6.74. The van der Waals surface area contributed by atoms with E-state index in [4.69, 9.17) is 0 Å². The summed E-state index contributed by atoms with van der Waals surface area (Å²) in [6.45, 7) is 4.20. The summed E-state index contributed by atoms with van der Waals surface area (Å²) in [5.74, 6) is 2.26. The molecule has 1 rings (SSSR count). The molecular formula is C11H16BrNOS2. The van der Waals surface area contributed by atoms with E-state index >= 15 is 0 Å². The summed E-state index contributed by atoms with van der Waals surface area (Å²) < 4.78 is 0.880. The van der Waals surface area contributed by atoms with E-state index in [1.165, 1.54) is 11.3 Å². The molecule has 2 nitrogen and oxygen atoms in total. The molecule has 0 aliphatic heterocycles. The molecule has 1 aromatic rings. The molecule has 0 saturated heterocycles. The molecule has 5 heteroatoms. The Bertz CT molecular complexity index is 340. The van der Waals surface area contributed by atoms with Crippen LogP contribution in [0.3, 0.4) is 0 Å². The fraction of sp³-hybridized carbons (Fsp3) is 0.545. The molecule has 0 bridgehead atoms. The van der Waals surface area contributed by atoms with Crippen LogP contribution in [0.25, 0.3) is 0 Å². The number of halogens is 1. The SMILES string of the molecule is CCSCCC(C)NC(=O)c1sccc1Br. The lowest BCUT2D eigenvalue weighted by Gasteiger charge is -2.12. The Labute approximate surface area is 113 Å². The van der Waals surface area contributed by atoms with Gasteiger partial charge >= 0.3 is 0 Å². The Balaban J connectivity index is 2.37. The van der Waals surface area contributed by atoms with Gasteiger partial charge in [0.05, 0.1) is 0 Å². The van der Waals surface area contributed by atoms with Crippen molar-refractivity contribution >= 4 is 44.9 Å². The Morgan fingerprint density at radius 3 is 3.00 bits per heavy atom. The van der Waals surface area contributed by atoms with Crippen molar-refractivity contribution in [1.29, 1.82) is 0 Å². The van der Waals surface area contributed by atoms with E-state index < -0.39 is 0 Å². The number of nitrogens with one attached hydrogen (secondary N) is 1. The summed E-state index contributed by atoms with van der Waals surface area (Å²) in [4.78, 5) is 12.6. The third kappa shape index (κ3) is 4.47. The largest absolute Gasteiger partial charge is 0.349 e. The predicted molar refractivity (Wildman–Crippen MR) is 76.6 cm³/mol. The van der Waals surface area contributed by atoms with Crippen LogP contribution in [-0.2, 0) is 0 Å². The van der Waals surface area contributed by atoms with Gasteiger partial charge in [0, 0.05) is 10.5 Å². The van der Waals surface area contributed by atoms with Gasteiger partial charge in [-0.3, -0.25) is 4.79 Å². The number of carbonyl (C=O) groups is 1. The molecule has 1 unspecified atom stereocenters. The molecule has 1 aromatic heterocycles. The van der Waals surface area contributed by atoms with Gasteiger partial charge in [0.25, 0.3) is 5.91 Å². The number of rotatable bonds is 6. The molecule has 1 heterocycles. The number of thioether (sulfide) groups is 1. The second kappa shape index (κ2) is 7.35. The van der Waals surface area contributed by atoms with Crippen LogP contribution in [0.15, 0.2) is 15.9 Å². The van der Waals surface area contributed by atoms with Crippen LogP contribution < -0.4 is 5.32 Å². The lowest BCUT2D eigenvalue weighted by molar-refractivity contribution is 0.0943. The molecule has 90 valence electrons. The highest BCUT2D eigenvalue weighted by Crippen LogP contribution is 2.22. The van der Waals surface area contributed by atoms with Gasteiger partial charge in [0.2, 0.25) is 0 Å². The Morgan fingerprint density at radius 1 is 1.69 bits per heavy atom. The van der Waals surface area contributed by atoms with E-state index in [-0.39, 0.29) is 11.9 Å². The van der Waals surface area contributed by atoms with Gasteiger partial charge < -0.3 is 5.32 Å². The maximum absolute atomic E-state index is 11.8. The minimum atomic E-state index is 0.0240. The molecule has 0 fully saturated rings. The number of hydrogen-bond donors (Lipinski definition) is 1. The quantitative estimate of drug-likeness (QED) is 0.808.